The molecule has 0 saturated carbocycles. The third-order valence-corrected chi connectivity index (χ3v) is 11.4. The molecule has 2 aliphatic rings. The number of rotatable bonds is 15. The first-order chi connectivity index (χ1) is 31.9. The van der Waals surface area contributed by atoms with Crippen LogP contribution in [-0.2, 0) is 9.53 Å². The van der Waals surface area contributed by atoms with Crippen LogP contribution < -0.4 is 31.3 Å². The van der Waals surface area contributed by atoms with E-state index < -0.39 is 66.3 Å². The summed E-state index contributed by atoms with van der Waals surface area (Å²) >= 11 is 0. The molecule has 3 amide bonds. The maximum atomic E-state index is 14.6. The molecule has 356 valence electrons. The molecule has 4 atom stereocenters. The second kappa shape index (κ2) is 19.8. The second-order valence-corrected chi connectivity index (χ2v) is 16.7. The zero-order valence-electron chi connectivity index (χ0n) is 37.1. The van der Waals surface area contributed by atoms with E-state index in [4.69, 9.17) is 9.47 Å². The number of phenols is 2. The third-order valence-electron chi connectivity index (χ3n) is 11.4. The predicted molar refractivity (Wildman–Crippen MR) is 235 cm³/mol. The number of nitrogens with one attached hydrogen (secondary N) is 3. The molecular formula is C44H51F2N11O10. The number of aromatic hydroxyl groups is 2. The maximum absolute atomic E-state index is 14.6. The Hall–Kier alpha value is -7.11. The summed E-state index contributed by atoms with van der Waals surface area (Å²) in [6, 6.07) is 9.86. The van der Waals surface area contributed by atoms with E-state index in [2.05, 4.69) is 41.1 Å². The van der Waals surface area contributed by atoms with Crippen molar-refractivity contribution in [3.8, 4) is 34.3 Å². The van der Waals surface area contributed by atoms with Crippen molar-refractivity contribution in [2.75, 3.05) is 36.5 Å². The molecule has 21 nitrogen and oxygen atoms in total. The molecule has 7 N–H and O–H groups in total. The van der Waals surface area contributed by atoms with E-state index in [9.17, 15) is 48.4 Å². The summed E-state index contributed by atoms with van der Waals surface area (Å²) in [5.74, 6) is -5.61. The quantitative estimate of drug-likeness (QED) is 0.0795. The van der Waals surface area contributed by atoms with Gasteiger partial charge in [0.2, 0.25) is 18.0 Å². The molecule has 0 radical (unpaired) electrons. The molecular weight excluding hydrogens is 881 g/mol. The van der Waals surface area contributed by atoms with Crippen LogP contribution in [0.3, 0.4) is 0 Å². The van der Waals surface area contributed by atoms with Gasteiger partial charge >= 0.3 is 11.6 Å². The summed E-state index contributed by atoms with van der Waals surface area (Å²) in [4.78, 5) is 66.6. The van der Waals surface area contributed by atoms with Crippen molar-refractivity contribution in [2.45, 2.75) is 89.9 Å². The van der Waals surface area contributed by atoms with Gasteiger partial charge in [-0.25, -0.2) is 14.8 Å². The number of benzene rings is 2. The van der Waals surface area contributed by atoms with Crippen LogP contribution >= 0.6 is 0 Å². The normalized spacial score (nSPS) is 18.8. The molecule has 5 heterocycles. The SMILES string of the molecule is CCNC(=O)c1nnc(-c2cc(C(C)C)c(O)cc2O)n1-c1ccc(OC2CCN(c3cnc(C(=O)NC(C(=O)Nc4ccn(C5OC(CO)C(O)C5(F)F)c(=O)n4)C(C)C)cn3)CC2)cc1. The number of hydrogen-bond acceptors (Lipinski definition) is 16. The van der Waals surface area contributed by atoms with Gasteiger partial charge in [0, 0.05) is 50.4 Å². The van der Waals surface area contributed by atoms with Crippen LogP contribution in [0.15, 0.2) is 65.8 Å². The Balaban J connectivity index is 0.946. The topological polar surface area (TPSA) is 281 Å². The molecule has 2 fully saturated rings. The smallest absolute Gasteiger partial charge is 0.351 e. The van der Waals surface area contributed by atoms with Crippen molar-refractivity contribution in [3.63, 3.8) is 0 Å². The number of nitrogens with zero attached hydrogens (tertiary/aromatic N) is 8. The van der Waals surface area contributed by atoms with Crippen LogP contribution in [0.4, 0.5) is 20.4 Å². The summed E-state index contributed by atoms with van der Waals surface area (Å²) in [6.45, 7) is 9.51. The van der Waals surface area contributed by atoms with Crippen molar-refractivity contribution in [2.24, 2.45) is 5.92 Å². The van der Waals surface area contributed by atoms with Crippen molar-refractivity contribution in [1.29, 1.82) is 0 Å². The van der Waals surface area contributed by atoms with E-state index >= 15 is 0 Å². The maximum Gasteiger partial charge on any atom is 0.351 e. The fourth-order valence-electron chi connectivity index (χ4n) is 7.73. The second-order valence-electron chi connectivity index (χ2n) is 16.7. The Morgan fingerprint density at radius 3 is 2.28 bits per heavy atom. The molecule has 5 aromatic rings. The van der Waals surface area contributed by atoms with Gasteiger partial charge in [0.15, 0.2) is 11.9 Å². The Morgan fingerprint density at radius 1 is 0.970 bits per heavy atom. The number of hydrogen-bond donors (Lipinski definition) is 7. The zero-order chi connectivity index (χ0) is 48.3. The Bertz CT molecular complexity index is 2650. The Kier molecular flexibility index (Phi) is 14.1. The minimum atomic E-state index is -3.92. The summed E-state index contributed by atoms with van der Waals surface area (Å²) in [7, 11) is 0. The van der Waals surface area contributed by atoms with Crippen LogP contribution in [-0.4, -0.2) is 129 Å². The number of halogens is 2. The lowest BCUT2D eigenvalue weighted by Gasteiger charge is -2.32. The monoisotopic (exact) mass is 931 g/mol. The number of carbonyl (C=O) groups is 3. The van der Waals surface area contributed by atoms with E-state index in [-0.39, 0.29) is 46.7 Å². The zero-order valence-corrected chi connectivity index (χ0v) is 37.1. The lowest BCUT2D eigenvalue weighted by molar-refractivity contribution is -0.141. The first-order valence-corrected chi connectivity index (χ1v) is 21.6. The summed E-state index contributed by atoms with van der Waals surface area (Å²) < 4.78 is 42.5. The van der Waals surface area contributed by atoms with Crippen molar-refractivity contribution in [1.82, 2.24) is 44.9 Å². The summed E-state index contributed by atoms with van der Waals surface area (Å²) in [5.41, 5.74) is 0.127. The third kappa shape index (κ3) is 10.0. The highest BCUT2D eigenvalue weighted by molar-refractivity contribution is 6.00. The number of aliphatic hydroxyl groups is 2. The molecule has 67 heavy (non-hydrogen) atoms. The van der Waals surface area contributed by atoms with Gasteiger partial charge in [-0.3, -0.25) is 23.5 Å². The van der Waals surface area contributed by atoms with Crippen molar-refractivity contribution in [3.05, 3.63) is 88.6 Å². The van der Waals surface area contributed by atoms with Gasteiger partial charge in [0.05, 0.1) is 24.6 Å². The fourth-order valence-corrected chi connectivity index (χ4v) is 7.73. The van der Waals surface area contributed by atoms with Crippen molar-refractivity contribution >= 4 is 29.4 Å². The summed E-state index contributed by atoms with van der Waals surface area (Å²) in [5, 5.41) is 56.5. The van der Waals surface area contributed by atoms with Gasteiger partial charge in [-0.2, -0.15) is 13.8 Å². The Morgan fingerprint density at radius 2 is 1.69 bits per heavy atom. The molecule has 0 aliphatic carbocycles. The van der Waals surface area contributed by atoms with E-state index in [1.54, 1.807) is 51.1 Å². The van der Waals surface area contributed by atoms with Crippen LogP contribution in [0.5, 0.6) is 17.2 Å². The average molecular weight is 932 g/mol. The number of amides is 3. The fraction of sp³-hybridized carbons (Fsp3) is 0.432. The molecule has 2 saturated heterocycles. The molecule has 7 rings (SSSR count). The van der Waals surface area contributed by atoms with Gasteiger partial charge in [-0.05, 0) is 60.7 Å². The highest BCUT2D eigenvalue weighted by atomic mass is 19.3. The number of piperidine rings is 1. The van der Waals surface area contributed by atoms with E-state index in [1.165, 1.54) is 23.0 Å². The first kappa shape index (κ1) is 47.8. The summed E-state index contributed by atoms with van der Waals surface area (Å²) in [6.07, 6.45) is -1.47. The van der Waals surface area contributed by atoms with Crippen molar-refractivity contribution < 1.29 is 53.1 Å². The van der Waals surface area contributed by atoms with Gasteiger partial charge in [-0.15, -0.1) is 10.2 Å². The molecule has 0 bridgehead atoms. The lowest BCUT2D eigenvalue weighted by Crippen LogP contribution is -2.47. The van der Waals surface area contributed by atoms with Crippen LogP contribution in [0, 0.1) is 5.92 Å². The van der Waals surface area contributed by atoms with Crippen LogP contribution in [0.25, 0.3) is 17.1 Å². The number of aromatic nitrogens is 7. The largest absolute Gasteiger partial charge is 0.508 e. The number of phenolic OH excluding ortho intramolecular Hbond substituents is 2. The number of anilines is 2. The molecule has 0 spiro atoms. The highest BCUT2D eigenvalue weighted by Crippen LogP contribution is 2.42. The van der Waals surface area contributed by atoms with E-state index in [0.29, 0.717) is 65.4 Å². The molecule has 2 aliphatic heterocycles. The van der Waals surface area contributed by atoms with Gasteiger partial charge in [0.1, 0.15) is 52.8 Å². The minimum Gasteiger partial charge on any atom is -0.508 e. The number of ether oxygens (including phenoxy) is 2. The predicted octanol–water partition coefficient (Wildman–Crippen LogP) is 2.89. The average Bonchev–Trinajstić information content (AvgIpc) is 3.83. The molecule has 4 unspecified atom stereocenters. The van der Waals surface area contributed by atoms with Gasteiger partial charge in [0.25, 0.3) is 11.8 Å². The number of alkyl halides is 2. The van der Waals surface area contributed by atoms with Crippen LogP contribution in [0.2, 0.25) is 0 Å². The van der Waals surface area contributed by atoms with E-state index in [0.717, 1.165) is 12.3 Å². The minimum absolute atomic E-state index is 0.00638. The van der Waals surface area contributed by atoms with E-state index in [1.807, 2.05) is 18.7 Å². The molecule has 23 heteroatoms. The van der Waals surface area contributed by atoms with Crippen LogP contribution in [0.1, 0.15) is 86.3 Å². The van der Waals surface area contributed by atoms with Gasteiger partial charge < -0.3 is 50.8 Å². The number of aliphatic hydroxyl groups excluding tert-OH is 2. The standard InChI is InChI=1S/C44H51F2N11O10/c1-6-47-41(64)38-54-53-37(28-17-27(22(2)3)30(59)18-31(28)60)57(38)24-7-9-25(10-8-24)66-26-11-14-55(15-12-26)34-20-48-29(19-49-34)39(62)52-35(23(4)5)40(63)50-33-13-16-56(43(65)51-33)42-44(45,46)36(61)32(21-58)67-42/h7-10,13,16-20,22-23,26,32,35-36,42,58-61H,6,11-12,14-15,21H2,1-5H3,(H,47,64)(H,52,62)(H,50,51,63,65). The lowest BCUT2D eigenvalue weighted by atomic mass is 9.98. The van der Waals surface area contributed by atoms with Gasteiger partial charge in [-0.1, -0.05) is 27.7 Å². The molecule has 2 aromatic carbocycles. The Labute approximate surface area is 381 Å². The highest BCUT2D eigenvalue weighted by Gasteiger charge is 2.59. The number of carbonyl (C=O) groups excluding carboxylic acids is 3. The molecule has 3 aromatic heterocycles. The first-order valence-electron chi connectivity index (χ1n) is 21.6.